The lowest BCUT2D eigenvalue weighted by atomic mass is 9.78. The van der Waals surface area contributed by atoms with Gasteiger partial charge in [-0.3, -0.25) is 14.4 Å². The van der Waals surface area contributed by atoms with Crippen molar-refractivity contribution in [1.82, 2.24) is 20.1 Å². The van der Waals surface area contributed by atoms with Crippen LogP contribution in [0, 0.1) is 5.92 Å². The summed E-state index contributed by atoms with van der Waals surface area (Å²) in [5, 5.41) is 14.3. The molecule has 1 aliphatic carbocycles. The molecule has 0 saturated heterocycles. The molecule has 2 heterocycles. The van der Waals surface area contributed by atoms with E-state index in [2.05, 4.69) is 15.4 Å². The number of hydrogen-bond donors (Lipinski definition) is 2. The molecule has 1 amide bonds. The third-order valence-electron chi connectivity index (χ3n) is 5.16. The average Bonchev–Trinajstić information content (AvgIpc) is 3.10. The molecule has 2 N–H and O–H groups in total. The van der Waals surface area contributed by atoms with E-state index in [4.69, 9.17) is 14.6 Å². The Kier molecular flexibility index (Phi) is 7.75. The number of nitrogens with zero attached hydrogens (tertiary/aromatic N) is 3. The van der Waals surface area contributed by atoms with Crippen molar-refractivity contribution in [1.29, 1.82) is 0 Å². The van der Waals surface area contributed by atoms with Gasteiger partial charge >= 0.3 is 5.97 Å². The lowest BCUT2D eigenvalue weighted by Gasteiger charge is -2.38. The summed E-state index contributed by atoms with van der Waals surface area (Å²) in [6.45, 7) is 2.50. The number of carboxylic acid groups (broad SMARTS) is 1. The van der Waals surface area contributed by atoms with Crippen molar-refractivity contribution in [3.05, 3.63) is 12.2 Å². The summed E-state index contributed by atoms with van der Waals surface area (Å²) >= 11 is 0. The quantitative estimate of drug-likeness (QED) is 0.583. The first-order valence-electron chi connectivity index (χ1n) is 9.45. The van der Waals surface area contributed by atoms with E-state index < -0.39 is 5.54 Å². The van der Waals surface area contributed by atoms with E-state index in [9.17, 15) is 9.59 Å². The number of amides is 1. The Balaban J connectivity index is 0.000000817. The Morgan fingerprint density at radius 2 is 2.11 bits per heavy atom. The number of aromatic nitrogens is 3. The summed E-state index contributed by atoms with van der Waals surface area (Å²) in [6.07, 6.45) is 8.29. The standard InChI is InChI=1S/C17H26N4O3.CH2O2/c1-2-24-15(22)10-17(8-4-3-5-9-17)20-16(23)13-6-7-14-18-12-19-21(14)11-13;2-1-3/h12-13H,2-11H2,1H3,(H,20,23);1H,(H,2,3). The Hall–Kier alpha value is -2.45. The fourth-order valence-corrected chi connectivity index (χ4v) is 3.88. The second-order valence-corrected chi connectivity index (χ2v) is 7.01. The van der Waals surface area contributed by atoms with Crippen LogP contribution in [0.3, 0.4) is 0 Å². The predicted octanol–water partition coefficient (Wildman–Crippen LogP) is 1.31. The van der Waals surface area contributed by atoms with Gasteiger partial charge in [-0.1, -0.05) is 19.3 Å². The van der Waals surface area contributed by atoms with E-state index in [1.54, 1.807) is 6.33 Å². The smallest absolute Gasteiger partial charge is 0.308 e. The van der Waals surface area contributed by atoms with Crippen LogP contribution in [0.1, 0.15) is 57.7 Å². The highest BCUT2D eigenvalue weighted by Gasteiger charge is 2.38. The van der Waals surface area contributed by atoms with Gasteiger partial charge in [-0.2, -0.15) is 5.10 Å². The summed E-state index contributed by atoms with van der Waals surface area (Å²) < 4.78 is 6.93. The van der Waals surface area contributed by atoms with Crippen LogP contribution < -0.4 is 5.32 Å². The minimum Gasteiger partial charge on any atom is -0.483 e. The van der Waals surface area contributed by atoms with Crippen LogP contribution in [-0.2, 0) is 32.1 Å². The van der Waals surface area contributed by atoms with Crippen molar-refractivity contribution in [3.63, 3.8) is 0 Å². The van der Waals surface area contributed by atoms with Crippen LogP contribution >= 0.6 is 0 Å². The molecule has 0 bridgehead atoms. The van der Waals surface area contributed by atoms with Crippen molar-refractivity contribution < 1.29 is 24.2 Å². The lowest BCUT2D eigenvalue weighted by molar-refractivity contribution is -0.146. The summed E-state index contributed by atoms with van der Waals surface area (Å²) in [4.78, 5) is 37.4. The first kappa shape index (κ1) is 20.9. The number of hydrogen-bond acceptors (Lipinski definition) is 6. The van der Waals surface area contributed by atoms with E-state index in [1.165, 1.54) is 0 Å². The molecule has 1 fully saturated rings. The van der Waals surface area contributed by atoms with Gasteiger partial charge in [0.1, 0.15) is 12.2 Å². The van der Waals surface area contributed by atoms with Crippen LogP contribution in [0.25, 0.3) is 0 Å². The van der Waals surface area contributed by atoms with Crippen molar-refractivity contribution in [2.45, 2.75) is 70.4 Å². The fraction of sp³-hybridized carbons (Fsp3) is 0.722. The SMILES string of the molecule is CCOC(=O)CC1(NC(=O)C2CCc3ncnn3C2)CCCCC1.O=CO. The van der Waals surface area contributed by atoms with E-state index in [0.29, 0.717) is 13.2 Å². The molecule has 3 rings (SSSR count). The van der Waals surface area contributed by atoms with Crippen LogP contribution in [0.4, 0.5) is 0 Å². The highest BCUT2D eigenvalue weighted by atomic mass is 16.5. The molecule has 0 aromatic carbocycles. The zero-order chi connectivity index (χ0) is 19.7. The summed E-state index contributed by atoms with van der Waals surface area (Å²) in [6, 6.07) is 0. The Labute approximate surface area is 158 Å². The van der Waals surface area contributed by atoms with Gasteiger partial charge < -0.3 is 15.2 Å². The summed E-state index contributed by atoms with van der Waals surface area (Å²) in [5.74, 6) is 0.641. The van der Waals surface area contributed by atoms with Crippen LogP contribution in [0.2, 0.25) is 0 Å². The molecule has 1 aromatic rings. The second-order valence-electron chi connectivity index (χ2n) is 7.01. The Morgan fingerprint density at radius 3 is 2.78 bits per heavy atom. The Bertz CT molecular complexity index is 639. The first-order chi connectivity index (χ1) is 13.0. The van der Waals surface area contributed by atoms with Crippen LogP contribution in [-0.4, -0.2) is 50.4 Å². The van der Waals surface area contributed by atoms with Crippen molar-refractivity contribution in [2.24, 2.45) is 5.92 Å². The zero-order valence-electron chi connectivity index (χ0n) is 15.7. The van der Waals surface area contributed by atoms with Gasteiger partial charge in [0.05, 0.1) is 31.0 Å². The third-order valence-corrected chi connectivity index (χ3v) is 5.16. The number of ether oxygens (including phenoxy) is 1. The molecule has 1 atom stereocenters. The van der Waals surface area contributed by atoms with Gasteiger partial charge in [-0.05, 0) is 26.2 Å². The Morgan fingerprint density at radius 1 is 1.41 bits per heavy atom. The largest absolute Gasteiger partial charge is 0.483 e. The number of esters is 1. The molecule has 0 spiro atoms. The average molecular weight is 380 g/mol. The normalized spacial score (nSPS) is 20.4. The van der Waals surface area contributed by atoms with Crippen LogP contribution in [0.5, 0.6) is 0 Å². The molecule has 150 valence electrons. The molecule has 9 heteroatoms. The van der Waals surface area contributed by atoms with Gasteiger partial charge in [0.15, 0.2) is 0 Å². The van der Waals surface area contributed by atoms with Gasteiger partial charge in [-0.25, -0.2) is 9.67 Å². The van der Waals surface area contributed by atoms with E-state index in [-0.39, 0.29) is 30.7 Å². The van der Waals surface area contributed by atoms with E-state index >= 15 is 0 Å². The van der Waals surface area contributed by atoms with Gasteiger partial charge in [0.2, 0.25) is 5.91 Å². The minimum absolute atomic E-state index is 0.0300. The number of nitrogens with one attached hydrogen (secondary N) is 1. The molecule has 1 aliphatic heterocycles. The maximum absolute atomic E-state index is 12.8. The zero-order valence-corrected chi connectivity index (χ0v) is 15.7. The molecule has 9 nitrogen and oxygen atoms in total. The van der Waals surface area contributed by atoms with Crippen molar-refractivity contribution >= 4 is 18.3 Å². The number of carbonyl (C=O) groups excluding carboxylic acids is 2. The summed E-state index contributed by atoms with van der Waals surface area (Å²) in [5.41, 5.74) is -0.440. The molecule has 27 heavy (non-hydrogen) atoms. The first-order valence-corrected chi connectivity index (χ1v) is 9.45. The number of aryl methyl sites for hydroxylation is 1. The molecule has 2 aliphatic rings. The predicted molar refractivity (Wildman–Crippen MR) is 95.7 cm³/mol. The maximum Gasteiger partial charge on any atom is 0.308 e. The molecule has 1 unspecified atom stereocenters. The topological polar surface area (TPSA) is 123 Å². The number of fused-ring (bicyclic) bond motifs is 1. The third kappa shape index (κ3) is 5.77. The monoisotopic (exact) mass is 380 g/mol. The molecule has 0 radical (unpaired) electrons. The number of carbonyl (C=O) groups is 3. The molecule has 1 saturated carbocycles. The highest BCUT2D eigenvalue weighted by Crippen LogP contribution is 2.32. The van der Waals surface area contributed by atoms with E-state index in [0.717, 1.165) is 50.8 Å². The second kappa shape index (κ2) is 10.0. The number of rotatable bonds is 5. The highest BCUT2D eigenvalue weighted by molar-refractivity contribution is 5.81. The maximum atomic E-state index is 12.8. The van der Waals surface area contributed by atoms with Crippen LogP contribution in [0.15, 0.2) is 6.33 Å². The van der Waals surface area contributed by atoms with Gasteiger partial charge in [0.25, 0.3) is 6.47 Å². The summed E-state index contributed by atoms with van der Waals surface area (Å²) in [7, 11) is 0. The van der Waals surface area contributed by atoms with Gasteiger partial charge in [0, 0.05) is 6.42 Å². The minimum atomic E-state index is -0.440. The van der Waals surface area contributed by atoms with Crippen molar-refractivity contribution in [2.75, 3.05) is 6.61 Å². The molecular weight excluding hydrogens is 352 g/mol. The molecular formula is C18H28N4O5. The van der Waals surface area contributed by atoms with Gasteiger partial charge in [-0.15, -0.1) is 0 Å². The lowest BCUT2D eigenvalue weighted by Crippen LogP contribution is -2.53. The fourth-order valence-electron chi connectivity index (χ4n) is 3.88. The van der Waals surface area contributed by atoms with Crippen molar-refractivity contribution in [3.8, 4) is 0 Å². The van der Waals surface area contributed by atoms with E-state index in [1.807, 2.05) is 11.6 Å². The molecule has 1 aromatic heterocycles.